The van der Waals surface area contributed by atoms with Gasteiger partial charge in [0.1, 0.15) is 17.7 Å². The van der Waals surface area contributed by atoms with Crippen molar-refractivity contribution in [2.75, 3.05) is 49.1 Å². The molecule has 10 nitrogen and oxygen atoms in total. The fourth-order valence-electron chi connectivity index (χ4n) is 3.74. The molecule has 4 rings (SSSR count). The Morgan fingerprint density at radius 3 is 2.62 bits per heavy atom. The predicted octanol–water partition coefficient (Wildman–Crippen LogP) is 2.05. The van der Waals surface area contributed by atoms with Gasteiger partial charge >= 0.3 is 6.09 Å². The maximum Gasteiger partial charge on any atom is 0.414 e. The van der Waals surface area contributed by atoms with Crippen LogP contribution in [0.2, 0.25) is 0 Å². The van der Waals surface area contributed by atoms with E-state index in [0.29, 0.717) is 43.3 Å². The topological polar surface area (TPSA) is 108 Å². The van der Waals surface area contributed by atoms with Crippen molar-refractivity contribution in [1.82, 2.24) is 15.4 Å². The molecule has 2 aliphatic heterocycles. The number of piperazine rings is 1. The Bertz CT molecular complexity index is 1040. The second-order valence-corrected chi connectivity index (χ2v) is 7.95. The first kappa shape index (κ1) is 21.9. The molecule has 2 saturated heterocycles. The molecular formula is C20H22FN5O5S. The molecular weight excluding hydrogens is 441 g/mol. The van der Waals surface area contributed by atoms with E-state index >= 15 is 0 Å². The van der Waals surface area contributed by atoms with Crippen molar-refractivity contribution in [3.05, 3.63) is 41.5 Å². The van der Waals surface area contributed by atoms with Crippen molar-refractivity contribution in [3.8, 4) is 0 Å². The Morgan fingerprint density at radius 1 is 1.25 bits per heavy atom. The highest BCUT2D eigenvalue weighted by Gasteiger charge is 2.33. The summed E-state index contributed by atoms with van der Waals surface area (Å²) in [6.45, 7) is 3.78. The van der Waals surface area contributed by atoms with Gasteiger partial charge in [0.2, 0.25) is 0 Å². The number of aryl methyl sites for hydroxylation is 1. The highest BCUT2D eigenvalue weighted by Crippen LogP contribution is 2.28. The minimum absolute atomic E-state index is 0.127. The number of carbonyl (C=O) groups excluding carboxylic acids is 3. The molecule has 0 radical (unpaired) electrons. The minimum atomic E-state index is -0.606. The molecule has 1 atom stereocenters. The third-order valence-electron chi connectivity index (χ3n) is 5.35. The van der Waals surface area contributed by atoms with Crippen LogP contribution in [0.4, 0.5) is 25.4 Å². The average molecular weight is 463 g/mol. The van der Waals surface area contributed by atoms with Crippen molar-refractivity contribution in [3.63, 3.8) is 0 Å². The molecule has 2 aliphatic rings. The summed E-state index contributed by atoms with van der Waals surface area (Å²) < 4.78 is 25.1. The molecule has 170 valence electrons. The van der Waals surface area contributed by atoms with Gasteiger partial charge in [0.25, 0.3) is 11.1 Å². The highest BCUT2D eigenvalue weighted by molar-refractivity contribution is 7.96. The van der Waals surface area contributed by atoms with Crippen LogP contribution in [0.1, 0.15) is 16.2 Å². The number of nitrogens with zero attached hydrogens (tertiary/aromatic N) is 4. The SMILES string of the molecule is Cc1cc(C(=O)N2CCN(c3ccc(N4CC(CNC(=O)S)OC4=O)cc3F)CC2)no1. The molecule has 0 spiro atoms. The van der Waals surface area contributed by atoms with Gasteiger partial charge in [-0.2, -0.15) is 0 Å². The zero-order valence-corrected chi connectivity index (χ0v) is 18.2. The zero-order valence-electron chi connectivity index (χ0n) is 17.3. The lowest BCUT2D eigenvalue weighted by Gasteiger charge is -2.36. The van der Waals surface area contributed by atoms with Gasteiger partial charge in [-0.05, 0) is 25.1 Å². The number of benzene rings is 1. The standard InChI is InChI=1S/C20H22FN5O5S/c1-12-8-16(23-31-12)18(27)25-6-4-24(5-7-25)17-3-2-13(9-15(17)21)26-11-14(30-20(26)29)10-22-19(28)32/h2-3,8-9,14H,4-7,10-11H2,1H3,(H2,22,28,32). The van der Waals surface area contributed by atoms with E-state index in [1.165, 1.54) is 11.0 Å². The number of anilines is 2. The van der Waals surface area contributed by atoms with E-state index in [1.807, 2.05) is 4.90 Å². The van der Waals surface area contributed by atoms with Crippen molar-refractivity contribution in [1.29, 1.82) is 0 Å². The number of aromatic nitrogens is 1. The number of ether oxygens (including phenoxy) is 1. The normalized spacial score (nSPS) is 18.7. The second kappa shape index (κ2) is 9.07. The third kappa shape index (κ3) is 4.64. The summed E-state index contributed by atoms with van der Waals surface area (Å²) in [7, 11) is 0. The molecule has 3 heterocycles. The quantitative estimate of drug-likeness (QED) is 0.654. The van der Waals surface area contributed by atoms with Gasteiger partial charge in [-0.15, -0.1) is 0 Å². The number of amides is 3. The van der Waals surface area contributed by atoms with Crippen LogP contribution >= 0.6 is 12.6 Å². The molecule has 2 fully saturated rings. The van der Waals surface area contributed by atoms with Gasteiger partial charge in [-0.25, -0.2) is 9.18 Å². The average Bonchev–Trinajstić information content (AvgIpc) is 3.37. The van der Waals surface area contributed by atoms with E-state index < -0.39 is 23.3 Å². The molecule has 1 unspecified atom stereocenters. The molecule has 1 aromatic carbocycles. The van der Waals surface area contributed by atoms with Gasteiger partial charge in [0.05, 0.1) is 24.5 Å². The van der Waals surface area contributed by atoms with Crippen LogP contribution in [0.3, 0.4) is 0 Å². The van der Waals surface area contributed by atoms with E-state index in [1.54, 1.807) is 30.0 Å². The highest BCUT2D eigenvalue weighted by atomic mass is 32.1. The van der Waals surface area contributed by atoms with E-state index in [9.17, 15) is 18.8 Å². The lowest BCUT2D eigenvalue weighted by atomic mass is 10.2. The predicted molar refractivity (Wildman–Crippen MR) is 116 cm³/mol. The van der Waals surface area contributed by atoms with Crippen molar-refractivity contribution >= 4 is 41.2 Å². The van der Waals surface area contributed by atoms with Crippen LogP contribution in [-0.4, -0.2) is 72.7 Å². The Kier molecular flexibility index (Phi) is 6.21. The number of carbonyl (C=O) groups is 3. The molecule has 1 N–H and O–H groups in total. The van der Waals surface area contributed by atoms with Crippen LogP contribution in [0.15, 0.2) is 28.8 Å². The van der Waals surface area contributed by atoms with E-state index in [0.717, 1.165) is 0 Å². The lowest BCUT2D eigenvalue weighted by molar-refractivity contribution is 0.0736. The van der Waals surface area contributed by atoms with E-state index in [2.05, 4.69) is 23.1 Å². The molecule has 12 heteroatoms. The van der Waals surface area contributed by atoms with Gasteiger partial charge in [0.15, 0.2) is 5.69 Å². The maximum absolute atomic E-state index is 14.9. The molecule has 3 amide bonds. The van der Waals surface area contributed by atoms with Crippen LogP contribution in [0, 0.1) is 12.7 Å². The first-order valence-electron chi connectivity index (χ1n) is 10.0. The van der Waals surface area contributed by atoms with Crippen LogP contribution in [-0.2, 0) is 4.74 Å². The number of halogens is 1. The van der Waals surface area contributed by atoms with Crippen molar-refractivity contribution in [2.24, 2.45) is 0 Å². The smallest absolute Gasteiger partial charge is 0.414 e. The second-order valence-electron chi connectivity index (χ2n) is 7.54. The minimum Gasteiger partial charge on any atom is -0.442 e. The molecule has 32 heavy (non-hydrogen) atoms. The van der Waals surface area contributed by atoms with Crippen LogP contribution in [0.5, 0.6) is 0 Å². The summed E-state index contributed by atoms with van der Waals surface area (Å²) in [5, 5.41) is 5.70. The summed E-state index contributed by atoms with van der Waals surface area (Å²) in [6.07, 6.45) is -1.15. The fourth-order valence-corrected chi connectivity index (χ4v) is 3.83. The van der Waals surface area contributed by atoms with Gasteiger partial charge in [-0.1, -0.05) is 17.8 Å². The molecule has 1 aromatic heterocycles. The first-order chi connectivity index (χ1) is 15.3. The molecule has 2 aromatic rings. The Hall–Kier alpha value is -3.28. The summed E-state index contributed by atoms with van der Waals surface area (Å²) in [6, 6.07) is 6.13. The van der Waals surface area contributed by atoms with Crippen molar-refractivity contribution < 1.29 is 28.0 Å². The maximum atomic E-state index is 14.9. The Morgan fingerprint density at radius 2 is 2.00 bits per heavy atom. The zero-order chi connectivity index (χ0) is 22.8. The van der Waals surface area contributed by atoms with E-state index in [4.69, 9.17) is 9.26 Å². The van der Waals surface area contributed by atoms with Gasteiger partial charge in [0, 0.05) is 32.2 Å². The summed E-state index contributed by atoms with van der Waals surface area (Å²) in [5.74, 6) is -0.128. The van der Waals surface area contributed by atoms with Crippen molar-refractivity contribution in [2.45, 2.75) is 13.0 Å². The fraction of sp³-hybridized carbons (Fsp3) is 0.400. The summed E-state index contributed by atoms with van der Waals surface area (Å²) in [4.78, 5) is 40.4. The molecule has 0 saturated carbocycles. The number of rotatable bonds is 5. The number of cyclic esters (lactones) is 1. The van der Waals surface area contributed by atoms with Crippen LogP contribution < -0.4 is 15.1 Å². The third-order valence-corrected chi connectivity index (χ3v) is 5.51. The summed E-state index contributed by atoms with van der Waals surface area (Å²) >= 11 is 3.61. The molecule has 0 bridgehead atoms. The number of hydrogen-bond donors (Lipinski definition) is 2. The summed E-state index contributed by atoms with van der Waals surface area (Å²) in [5.41, 5.74) is 1.02. The largest absolute Gasteiger partial charge is 0.442 e. The van der Waals surface area contributed by atoms with Gasteiger partial charge in [-0.3, -0.25) is 14.5 Å². The van der Waals surface area contributed by atoms with Gasteiger partial charge < -0.3 is 24.4 Å². The Balaban J connectivity index is 1.37. The number of thiol groups is 1. The number of nitrogens with one attached hydrogen (secondary N) is 1. The molecule has 0 aliphatic carbocycles. The first-order valence-corrected chi connectivity index (χ1v) is 10.5. The van der Waals surface area contributed by atoms with E-state index in [-0.39, 0.29) is 24.7 Å². The monoisotopic (exact) mass is 463 g/mol. The van der Waals surface area contributed by atoms with Crippen LogP contribution in [0.25, 0.3) is 0 Å². The number of hydrogen-bond acceptors (Lipinski definition) is 7. The lowest BCUT2D eigenvalue weighted by Crippen LogP contribution is -2.49. The Labute approximate surface area is 188 Å².